The number of carboxylic acid groups (broad SMARTS) is 1. The highest BCUT2D eigenvalue weighted by Gasteiger charge is 2.20. The van der Waals surface area contributed by atoms with Gasteiger partial charge in [0.25, 0.3) is 0 Å². The fraction of sp³-hybridized carbons (Fsp3) is 0.385. The van der Waals surface area contributed by atoms with E-state index >= 15 is 0 Å². The van der Waals surface area contributed by atoms with Crippen molar-refractivity contribution in [2.45, 2.75) is 32.2 Å². The lowest BCUT2D eigenvalue weighted by Gasteiger charge is -2.15. The largest absolute Gasteiger partial charge is 0.480 e. The first-order valence-corrected chi connectivity index (χ1v) is 7.09. The minimum absolute atomic E-state index is 0.0139. The molecule has 0 aliphatic heterocycles. The Kier molecular flexibility index (Phi) is 6.54. The molecule has 0 aromatic heterocycles. The average molecular weight is 365 g/mol. The summed E-state index contributed by atoms with van der Waals surface area (Å²) in [6.07, 6.45) is 1.69. The van der Waals surface area contributed by atoms with Crippen LogP contribution >= 0.6 is 15.9 Å². The molecule has 1 aromatic rings. The number of carbonyl (C=O) groups is 2. The smallest absolute Gasteiger partial charge is 0.326 e. The maximum Gasteiger partial charge on any atom is 0.326 e. The molecule has 21 heavy (non-hydrogen) atoms. The first-order valence-electron chi connectivity index (χ1n) is 6.30. The van der Waals surface area contributed by atoms with Gasteiger partial charge in [0.05, 0.1) is 10.2 Å². The molecule has 0 radical (unpaired) electrons. The number of anilines is 1. The lowest BCUT2D eigenvalue weighted by Crippen LogP contribution is -2.43. The molecule has 0 heterocycles. The van der Waals surface area contributed by atoms with Crippen molar-refractivity contribution in [2.24, 2.45) is 0 Å². The van der Waals surface area contributed by atoms with E-state index in [9.17, 15) is 18.4 Å². The predicted octanol–water partition coefficient (Wildman–Crippen LogP) is 3.49. The SMILES string of the molecule is CCCC[C@H](NC(=O)Nc1cc(Br)c(F)cc1F)C(=O)O. The Labute approximate surface area is 128 Å². The highest BCUT2D eigenvalue weighted by molar-refractivity contribution is 9.10. The summed E-state index contributed by atoms with van der Waals surface area (Å²) in [6.45, 7) is 1.89. The number of halogens is 3. The van der Waals surface area contributed by atoms with Crippen molar-refractivity contribution in [1.29, 1.82) is 0 Å². The maximum atomic E-state index is 13.5. The van der Waals surface area contributed by atoms with Gasteiger partial charge in [0.15, 0.2) is 0 Å². The first-order chi connectivity index (χ1) is 9.85. The fourth-order valence-corrected chi connectivity index (χ4v) is 1.94. The van der Waals surface area contributed by atoms with Crippen molar-refractivity contribution in [1.82, 2.24) is 5.32 Å². The average Bonchev–Trinajstić information content (AvgIpc) is 2.40. The number of urea groups is 1. The first kappa shape index (κ1) is 17.4. The van der Waals surface area contributed by atoms with Crippen molar-refractivity contribution < 1.29 is 23.5 Å². The molecule has 0 fully saturated rings. The van der Waals surface area contributed by atoms with Gasteiger partial charge >= 0.3 is 12.0 Å². The van der Waals surface area contributed by atoms with Crippen LogP contribution in [0, 0.1) is 11.6 Å². The Morgan fingerprint density at radius 1 is 1.33 bits per heavy atom. The molecule has 8 heteroatoms. The van der Waals surface area contributed by atoms with E-state index in [1.807, 2.05) is 6.92 Å². The Morgan fingerprint density at radius 2 is 2.00 bits per heavy atom. The number of carbonyl (C=O) groups excluding carboxylic acids is 1. The predicted molar refractivity (Wildman–Crippen MR) is 77.2 cm³/mol. The number of hydrogen-bond donors (Lipinski definition) is 3. The van der Waals surface area contributed by atoms with E-state index in [4.69, 9.17) is 5.11 Å². The van der Waals surface area contributed by atoms with E-state index < -0.39 is 29.7 Å². The van der Waals surface area contributed by atoms with Crippen LogP contribution in [0.5, 0.6) is 0 Å². The maximum absolute atomic E-state index is 13.5. The summed E-state index contributed by atoms with van der Waals surface area (Å²) in [6, 6.07) is -0.245. The third-order valence-corrected chi connectivity index (χ3v) is 3.32. The van der Waals surface area contributed by atoms with Crippen LogP contribution in [-0.2, 0) is 4.79 Å². The van der Waals surface area contributed by atoms with Crippen molar-refractivity contribution >= 4 is 33.6 Å². The molecule has 1 atom stereocenters. The van der Waals surface area contributed by atoms with Crippen LogP contribution in [0.1, 0.15) is 26.2 Å². The quantitative estimate of drug-likeness (QED) is 0.676. The summed E-state index contributed by atoms with van der Waals surface area (Å²) in [5.41, 5.74) is -0.250. The monoisotopic (exact) mass is 364 g/mol. The van der Waals surface area contributed by atoms with Gasteiger partial charge in [-0.1, -0.05) is 19.8 Å². The number of hydrogen-bond acceptors (Lipinski definition) is 2. The molecule has 0 saturated heterocycles. The second-order valence-corrected chi connectivity index (χ2v) is 5.23. The van der Waals surface area contributed by atoms with Crippen LogP contribution in [0.3, 0.4) is 0 Å². The summed E-state index contributed by atoms with van der Waals surface area (Å²) in [5, 5.41) is 13.4. The zero-order valence-electron chi connectivity index (χ0n) is 11.3. The number of unbranched alkanes of at least 4 members (excludes halogenated alkanes) is 1. The zero-order chi connectivity index (χ0) is 16.0. The summed E-state index contributed by atoms with van der Waals surface area (Å²) >= 11 is 2.87. The van der Waals surface area contributed by atoms with Gasteiger partial charge in [-0.2, -0.15) is 0 Å². The van der Waals surface area contributed by atoms with E-state index in [-0.39, 0.29) is 16.6 Å². The molecule has 116 valence electrons. The number of rotatable bonds is 6. The number of carboxylic acids is 1. The molecule has 0 aliphatic rings. The molecule has 1 rings (SSSR count). The van der Waals surface area contributed by atoms with Gasteiger partial charge in [-0.25, -0.2) is 18.4 Å². The third-order valence-electron chi connectivity index (χ3n) is 2.71. The van der Waals surface area contributed by atoms with Gasteiger partial charge in [0.2, 0.25) is 0 Å². The zero-order valence-corrected chi connectivity index (χ0v) is 12.8. The topological polar surface area (TPSA) is 78.4 Å². The van der Waals surface area contributed by atoms with Gasteiger partial charge in [-0.05, 0) is 28.4 Å². The molecule has 3 N–H and O–H groups in total. The summed E-state index contributed by atoms with van der Waals surface area (Å²) in [7, 11) is 0. The van der Waals surface area contributed by atoms with Gasteiger partial charge in [0, 0.05) is 6.07 Å². The molecule has 2 amide bonds. The molecule has 0 aliphatic carbocycles. The lowest BCUT2D eigenvalue weighted by atomic mass is 10.1. The minimum Gasteiger partial charge on any atom is -0.480 e. The third kappa shape index (κ3) is 5.30. The van der Waals surface area contributed by atoms with E-state index in [2.05, 4.69) is 26.6 Å². The second-order valence-electron chi connectivity index (χ2n) is 4.38. The van der Waals surface area contributed by atoms with Crippen LogP contribution in [0.25, 0.3) is 0 Å². The highest BCUT2D eigenvalue weighted by Crippen LogP contribution is 2.23. The molecule has 0 saturated carbocycles. The van der Waals surface area contributed by atoms with Crippen molar-refractivity contribution in [3.63, 3.8) is 0 Å². The number of nitrogens with one attached hydrogen (secondary N) is 2. The van der Waals surface area contributed by atoms with Crippen molar-refractivity contribution in [3.8, 4) is 0 Å². The Hall–Kier alpha value is -1.70. The van der Waals surface area contributed by atoms with Crippen molar-refractivity contribution in [2.75, 3.05) is 5.32 Å². The van der Waals surface area contributed by atoms with E-state index in [1.54, 1.807) is 0 Å². The van der Waals surface area contributed by atoms with Gasteiger partial charge < -0.3 is 15.7 Å². The highest BCUT2D eigenvalue weighted by atomic mass is 79.9. The van der Waals surface area contributed by atoms with Crippen LogP contribution in [0.4, 0.5) is 19.3 Å². The van der Waals surface area contributed by atoms with E-state index in [1.165, 1.54) is 0 Å². The van der Waals surface area contributed by atoms with Gasteiger partial charge in [-0.3, -0.25) is 0 Å². The molecule has 0 unspecified atom stereocenters. The number of amides is 2. The Balaban J connectivity index is 2.72. The summed E-state index contributed by atoms with van der Waals surface area (Å²) in [4.78, 5) is 22.7. The normalized spacial score (nSPS) is 11.8. The molecule has 0 bridgehead atoms. The second kappa shape index (κ2) is 7.92. The van der Waals surface area contributed by atoms with Crippen molar-refractivity contribution in [3.05, 3.63) is 28.2 Å². The Bertz CT molecular complexity index is 540. The van der Waals surface area contributed by atoms with Gasteiger partial charge in [0.1, 0.15) is 17.7 Å². The van der Waals surface area contributed by atoms with Crippen LogP contribution in [0.2, 0.25) is 0 Å². The summed E-state index contributed by atoms with van der Waals surface area (Å²) < 4.78 is 26.5. The number of aliphatic carboxylic acids is 1. The molecule has 0 spiro atoms. The standard InChI is InChI=1S/C13H15BrF2N2O3/c1-2-3-4-10(12(19)20)17-13(21)18-11-5-7(14)8(15)6-9(11)16/h5-6,10H,2-4H2,1H3,(H,19,20)(H2,17,18,21)/t10-/m0/s1. The molecule has 1 aromatic carbocycles. The van der Waals surface area contributed by atoms with E-state index in [0.29, 0.717) is 12.5 Å². The van der Waals surface area contributed by atoms with Crippen LogP contribution < -0.4 is 10.6 Å². The molecule has 5 nitrogen and oxygen atoms in total. The fourth-order valence-electron chi connectivity index (χ4n) is 1.60. The Morgan fingerprint density at radius 3 is 2.57 bits per heavy atom. The summed E-state index contributed by atoms with van der Waals surface area (Å²) in [5.74, 6) is -2.92. The van der Waals surface area contributed by atoms with Crippen LogP contribution in [0.15, 0.2) is 16.6 Å². The molecular weight excluding hydrogens is 350 g/mol. The van der Waals surface area contributed by atoms with E-state index in [0.717, 1.165) is 12.5 Å². The van der Waals surface area contributed by atoms with Crippen LogP contribution in [-0.4, -0.2) is 23.1 Å². The molecular formula is C13H15BrF2N2O3. The number of benzene rings is 1. The van der Waals surface area contributed by atoms with Gasteiger partial charge in [-0.15, -0.1) is 0 Å². The lowest BCUT2D eigenvalue weighted by molar-refractivity contribution is -0.139. The minimum atomic E-state index is -1.17.